The molecule has 2 aromatic rings. The van der Waals surface area contributed by atoms with Crippen molar-refractivity contribution in [2.24, 2.45) is 4.99 Å². The molecular formula is C18H27FN6O. The van der Waals surface area contributed by atoms with Crippen LogP contribution in [0.4, 0.5) is 4.39 Å². The van der Waals surface area contributed by atoms with Gasteiger partial charge in [-0.15, -0.1) is 10.2 Å². The minimum Gasteiger partial charge on any atom is -0.489 e. The number of aliphatic imine (C=N–C) groups is 1. The highest BCUT2D eigenvalue weighted by Crippen LogP contribution is 2.14. The monoisotopic (exact) mass is 362 g/mol. The molecule has 0 aliphatic carbocycles. The Hall–Kier alpha value is -2.64. The molecule has 8 heteroatoms. The molecule has 0 unspecified atom stereocenters. The Bertz CT molecular complexity index is 661. The lowest BCUT2D eigenvalue weighted by Crippen LogP contribution is -2.41. The summed E-state index contributed by atoms with van der Waals surface area (Å²) in [5.41, 5.74) is 0. The average molecular weight is 362 g/mol. The molecule has 7 nitrogen and oxygen atoms in total. The van der Waals surface area contributed by atoms with Crippen molar-refractivity contribution in [2.75, 3.05) is 33.3 Å². The van der Waals surface area contributed by atoms with Gasteiger partial charge in [0.1, 0.15) is 19.3 Å². The summed E-state index contributed by atoms with van der Waals surface area (Å²) in [5.74, 6) is 0.759. The number of aromatic nitrogens is 3. The van der Waals surface area contributed by atoms with Crippen LogP contribution in [0.5, 0.6) is 5.75 Å². The molecule has 0 aliphatic rings. The van der Waals surface area contributed by atoms with Crippen LogP contribution < -0.4 is 10.1 Å². The fourth-order valence-corrected chi connectivity index (χ4v) is 2.36. The number of guanidine groups is 1. The largest absolute Gasteiger partial charge is 0.489 e. The van der Waals surface area contributed by atoms with Crippen molar-refractivity contribution in [2.45, 2.75) is 26.3 Å². The van der Waals surface area contributed by atoms with Gasteiger partial charge in [-0.2, -0.15) is 0 Å². The Morgan fingerprint density at radius 1 is 1.27 bits per heavy atom. The van der Waals surface area contributed by atoms with E-state index in [1.54, 1.807) is 30.9 Å². The summed E-state index contributed by atoms with van der Waals surface area (Å²) in [5, 5.41) is 10.8. The van der Waals surface area contributed by atoms with Crippen molar-refractivity contribution in [3.63, 3.8) is 0 Å². The molecule has 26 heavy (non-hydrogen) atoms. The number of likely N-dealkylation sites (N-methyl/N-ethyl adjacent to an activating group) is 1. The zero-order chi connectivity index (χ0) is 18.6. The van der Waals surface area contributed by atoms with Crippen molar-refractivity contribution >= 4 is 5.96 Å². The van der Waals surface area contributed by atoms with E-state index in [0.717, 1.165) is 38.4 Å². The molecule has 0 radical (unpaired) electrons. The Balaban J connectivity index is 1.72. The minimum atomic E-state index is -0.344. The number of nitrogens with one attached hydrogen (secondary N) is 1. The molecule has 0 saturated heterocycles. The molecular weight excluding hydrogens is 335 g/mol. The first-order chi connectivity index (χ1) is 12.7. The van der Waals surface area contributed by atoms with Crippen LogP contribution in [0, 0.1) is 5.82 Å². The van der Waals surface area contributed by atoms with Crippen LogP contribution >= 0.6 is 0 Å². The third kappa shape index (κ3) is 6.70. The first kappa shape index (κ1) is 19.7. The second kappa shape index (κ2) is 11.1. The number of rotatable bonds is 10. The predicted octanol–water partition coefficient (Wildman–Crippen LogP) is 2.17. The van der Waals surface area contributed by atoms with E-state index in [1.807, 2.05) is 23.4 Å². The maximum Gasteiger partial charge on any atom is 0.193 e. The van der Waals surface area contributed by atoms with E-state index in [9.17, 15) is 4.39 Å². The lowest BCUT2D eigenvalue weighted by atomic mass is 10.3. The fraction of sp³-hybridized carbons (Fsp3) is 0.500. The van der Waals surface area contributed by atoms with Gasteiger partial charge in [0.25, 0.3) is 0 Å². The van der Waals surface area contributed by atoms with Crippen LogP contribution in [-0.4, -0.2) is 58.9 Å². The molecule has 1 aromatic carbocycles. The van der Waals surface area contributed by atoms with Gasteiger partial charge >= 0.3 is 0 Å². The molecule has 0 amide bonds. The van der Waals surface area contributed by atoms with Gasteiger partial charge < -0.3 is 19.5 Å². The van der Waals surface area contributed by atoms with E-state index in [2.05, 4.69) is 20.5 Å². The Kier molecular flexibility index (Phi) is 8.38. The van der Waals surface area contributed by atoms with Crippen molar-refractivity contribution in [1.82, 2.24) is 25.0 Å². The highest BCUT2D eigenvalue weighted by molar-refractivity contribution is 5.79. The average Bonchev–Trinajstić information content (AvgIpc) is 3.15. The van der Waals surface area contributed by atoms with Gasteiger partial charge in [-0.25, -0.2) is 4.39 Å². The molecule has 1 heterocycles. The Labute approximate surface area is 153 Å². The second-order valence-corrected chi connectivity index (χ2v) is 5.84. The van der Waals surface area contributed by atoms with Gasteiger partial charge in [0.05, 0.1) is 6.54 Å². The lowest BCUT2D eigenvalue weighted by molar-refractivity contribution is 0.270. The molecule has 0 saturated carbocycles. The van der Waals surface area contributed by atoms with Crippen LogP contribution in [0.2, 0.25) is 0 Å². The number of hydrogen-bond acceptors (Lipinski definition) is 4. The summed E-state index contributed by atoms with van der Waals surface area (Å²) in [6.45, 7) is 5.45. The quantitative estimate of drug-likeness (QED) is 0.399. The normalized spacial score (nSPS) is 11.4. The van der Waals surface area contributed by atoms with Crippen LogP contribution in [0.3, 0.4) is 0 Å². The number of halogens is 1. The Morgan fingerprint density at radius 3 is 2.77 bits per heavy atom. The van der Waals surface area contributed by atoms with Gasteiger partial charge in [0, 0.05) is 26.7 Å². The number of benzene rings is 1. The summed E-state index contributed by atoms with van der Waals surface area (Å²) in [6.07, 6.45) is 5.43. The van der Waals surface area contributed by atoms with Gasteiger partial charge in [-0.3, -0.25) is 4.99 Å². The number of hydrogen-bond donors (Lipinski definition) is 1. The van der Waals surface area contributed by atoms with Crippen LogP contribution in [0.25, 0.3) is 0 Å². The van der Waals surface area contributed by atoms with Crippen molar-refractivity contribution in [3.8, 4) is 5.75 Å². The molecule has 1 N–H and O–H groups in total. The van der Waals surface area contributed by atoms with E-state index >= 15 is 0 Å². The number of unbranched alkanes of at least 4 members (excludes halogenated alkanes) is 1. The van der Waals surface area contributed by atoms with E-state index in [1.165, 1.54) is 6.07 Å². The molecule has 0 spiro atoms. The third-order valence-corrected chi connectivity index (χ3v) is 3.77. The number of para-hydroxylation sites is 1. The van der Waals surface area contributed by atoms with Crippen molar-refractivity contribution < 1.29 is 9.13 Å². The summed E-state index contributed by atoms with van der Waals surface area (Å²) in [6, 6.07) is 6.43. The molecule has 2 rings (SSSR count). The van der Waals surface area contributed by atoms with Crippen LogP contribution in [0.1, 0.15) is 19.8 Å². The maximum atomic E-state index is 13.6. The summed E-state index contributed by atoms with van der Waals surface area (Å²) in [4.78, 5) is 6.63. The molecule has 0 aliphatic heterocycles. The van der Waals surface area contributed by atoms with Crippen molar-refractivity contribution in [1.29, 1.82) is 0 Å². The van der Waals surface area contributed by atoms with Crippen molar-refractivity contribution in [3.05, 3.63) is 42.7 Å². The molecule has 0 bridgehead atoms. The number of aryl methyl sites for hydroxylation is 1. The first-order valence-electron chi connectivity index (χ1n) is 8.90. The van der Waals surface area contributed by atoms with E-state index in [4.69, 9.17) is 4.74 Å². The SMILES string of the molecule is CCNC(=NCCCCn1cnnc1)N(C)CCOc1ccccc1F. The van der Waals surface area contributed by atoms with Crippen LogP contribution in [0.15, 0.2) is 41.9 Å². The summed E-state index contributed by atoms with van der Waals surface area (Å²) < 4.78 is 21.0. The van der Waals surface area contributed by atoms with Crippen LogP contribution in [-0.2, 0) is 6.54 Å². The molecule has 0 fully saturated rings. The smallest absolute Gasteiger partial charge is 0.193 e. The zero-order valence-corrected chi connectivity index (χ0v) is 15.4. The first-order valence-corrected chi connectivity index (χ1v) is 8.90. The second-order valence-electron chi connectivity index (χ2n) is 5.84. The lowest BCUT2D eigenvalue weighted by Gasteiger charge is -2.22. The Morgan fingerprint density at radius 2 is 2.04 bits per heavy atom. The highest BCUT2D eigenvalue weighted by Gasteiger charge is 2.07. The fourth-order valence-electron chi connectivity index (χ4n) is 2.36. The van der Waals surface area contributed by atoms with Gasteiger partial charge in [0.15, 0.2) is 17.5 Å². The number of nitrogens with zero attached hydrogens (tertiary/aromatic N) is 5. The van der Waals surface area contributed by atoms with E-state index in [0.29, 0.717) is 13.2 Å². The molecule has 142 valence electrons. The molecule has 1 aromatic heterocycles. The van der Waals surface area contributed by atoms with E-state index in [-0.39, 0.29) is 11.6 Å². The predicted molar refractivity (Wildman–Crippen MR) is 99.8 cm³/mol. The topological polar surface area (TPSA) is 67.6 Å². The molecule has 0 atom stereocenters. The highest BCUT2D eigenvalue weighted by atomic mass is 19.1. The van der Waals surface area contributed by atoms with E-state index < -0.39 is 0 Å². The standard InChI is InChI=1S/C18H27FN6O/c1-3-20-18(21-10-6-7-11-25-14-22-23-15-25)24(2)12-13-26-17-9-5-4-8-16(17)19/h4-5,8-9,14-15H,3,6-7,10-13H2,1-2H3,(H,20,21). The minimum absolute atomic E-state index is 0.275. The summed E-state index contributed by atoms with van der Waals surface area (Å²) in [7, 11) is 1.95. The zero-order valence-electron chi connectivity index (χ0n) is 15.4. The van der Waals surface area contributed by atoms with Gasteiger partial charge in [0.2, 0.25) is 0 Å². The third-order valence-electron chi connectivity index (χ3n) is 3.77. The van der Waals surface area contributed by atoms with Gasteiger partial charge in [-0.05, 0) is 31.9 Å². The van der Waals surface area contributed by atoms with Gasteiger partial charge in [-0.1, -0.05) is 12.1 Å². The maximum absolute atomic E-state index is 13.6. The summed E-state index contributed by atoms with van der Waals surface area (Å²) >= 11 is 0. The number of ether oxygens (including phenoxy) is 1.